The van der Waals surface area contributed by atoms with E-state index in [-0.39, 0.29) is 59.4 Å². The van der Waals surface area contributed by atoms with Crippen molar-refractivity contribution in [3.8, 4) is 11.6 Å². The zero-order valence-electron chi connectivity index (χ0n) is 32.5. The number of fused-ring (bicyclic) bond motifs is 2. The normalized spacial score (nSPS) is 13.1. The van der Waals surface area contributed by atoms with Crippen LogP contribution in [0.3, 0.4) is 0 Å². The minimum absolute atomic E-state index is 0.0398. The molecule has 18 heteroatoms. The predicted molar refractivity (Wildman–Crippen MR) is 234 cm³/mol. The molecule has 1 aliphatic rings. The molecule has 62 heavy (non-hydrogen) atoms. The van der Waals surface area contributed by atoms with Crippen LogP contribution in [0.25, 0.3) is 10.9 Å². The van der Waals surface area contributed by atoms with Gasteiger partial charge in [0, 0.05) is 33.6 Å². The average Bonchev–Trinajstić information content (AvgIpc) is 4.10. The van der Waals surface area contributed by atoms with Crippen LogP contribution in [0.4, 0.5) is 15.8 Å². The predicted octanol–water partition coefficient (Wildman–Crippen LogP) is 8.04. The highest BCUT2D eigenvalue weighted by atomic mass is 35.5. The van der Waals surface area contributed by atoms with E-state index < -0.39 is 23.7 Å². The molecule has 0 spiro atoms. The lowest BCUT2D eigenvalue weighted by Gasteiger charge is -2.30. The van der Waals surface area contributed by atoms with E-state index in [2.05, 4.69) is 30.8 Å². The third-order valence-electron chi connectivity index (χ3n) is 9.79. The largest absolute Gasteiger partial charge is 0.494 e. The number of oxime groups is 1. The molecule has 1 unspecified atom stereocenters. The number of alkyl halides is 1. The van der Waals surface area contributed by atoms with Crippen molar-refractivity contribution in [3.05, 3.63) is 153 Å². The summed E-state index contributed by atoms with van der Waals surface area (Å²) in [5.41, 5.74) is 3.81. The Balaban J connectivity index is 0.899. The van der Waals surface area contributed by atoms with Gasteiger partial charge in [-0.2, -0.15) is 0 Å². The SMILES string of the molecule is O=C(CCn1cc(COc2ccc(N(C(=O)CCl)C(C(=O)NCCc3ccccc3)c3cccs3)cc2Cl)nn1)O/N=C1/C(c2c(O)[nH]c3ccccc23)=Nc2ccc(F)cc21. The van der Waals surface area contributed by atoms with Crippen LogP contribution >= 0.6 is 34.5 Å². The van der Waals surface area contributed by atoms with Crippen LogP contribution in [0.15, 0.2) is 125 Å². The van der Waals surface area contributed by atoms with Crippen LogP contribution in [0, 0.1) is 5.82 Å². The van der Waals surface area contributed by atoms with Crippen LogP contribution in [0.1, 0.15) is 39.7 Å². The van der Waals surface area contributed by atoms with Crippen molar-refractivity contribution >= 4 is 86.0 Å². The van der Waals surface area contributed by atoms with Gasteiger partial charge in [0.05, 0.1) is 35.4 Å². The van der Waals surface area contributed by atoms with Crippen LogP contribution in [-0.4, -0.2) is 66.7 Å². The van der Waals surface area contributed by atoms with Gasteiger partial charge in [0.2, 0.25) is 11.8 Å². The Kier molecular flexibility index (Phi) is 12.7. The molecule has 0 bridgehead atoms. The number of anilines is 1. The van der Waals surface area contributed by atoms with Crippen molar-refractivity contribution in [1.29, 1.82) is 0 Å². The Morgan fingerprint density at radius 1 is 1.02 bits per heavy atom. The van der Waals surface area contributed by atoms with Gasteiger partial charge in [0.25, 0.3) is 0 Å². The third-order valence-corrected chi connectivity index (χ3v) is 11.2. The first-order valence-electron chi connectivity index (χ1n) is 19.2. The molecule has 314 valence electrons. The van der Waals surface area contributed by atoms with Gasteiger partial charge in [-0.25, -0.2) is 14.2 Å². The number of H-pyrrole nitrogens is 1. The number of carbonyl (C=O) groups is 3. The minimum Gasteiger partial charge on any atom is -0.494 e. The number of hydrogen-bond acceptors (Lipinski definition) is 11. The molecule has 0 fully saturated rings. The number of halogens is 3. The Labute approximate surface area is 367 Å². The number of benzene rings is 4. The van der Waals surface area contributed by atoms with E-state index in [9.17, 15) is 23.9 Å². The van der Waals surface area contributed by atoms with Crippen LogP contribution in [-0.2, 0) is 38.8 Å². The van der Waals surface area contributed by atoms with Gasteiger partial charge in [-0.15, -0.1) is 28.0 Å². The van der Waals surface area contributed by atoms with E-state index in [0.29, 0.717) is 56.9 Å². The van der Waals surface area contributed by atoms with Crippen molar-refractivity contribution in [2.75, 3.05) is 17.3 Å². The molecule has 14 nitrogen and oxygen atoms in total. The second-order valence-electron chi connectivity index (χ2n) is 13.9. The number of hydrogen-bond donors (Lipinski definition) is 3. The molecule has 8 rings (SSSR count). The number of amides is 2. The Morgan fingerprint density at radius 2 is 1.84 bits per heavy atom. The van der Waals surface area contributed by atoms with Gasteiger partial charge in [0.1, 0.15) is 47.2 Å². The van der Waals surface area contributed by atoms with Gasteiger partial charge in [-0.1, -0.05) is 76.6 Å². The second-order valence-corrected chi connectivity index (χ2v) is 15.5. The van der Waals surface area contributed by atoms with Crippen molar-refractivity contribution < 1.29 is 33.5 Å². The Hall–Kier alpha value is -6.88. The number of aliphatic imine (C=N–C) groups is 1. The van der Waals surface area contributed by atoms with Crippen LogP contribution in [0.2, 0.25) is 5.02 Å². The topological polar surface area (TPSA) is 176 Å². The monoisotopic (exact) mass is 892 g/mol. The number of aryl methyl sites for hydroxylation is 1. The van der Waals surface area contributed by atoms with Gasteiger partial charge >= 0.3 is 5.97 Å². The highest BCUT2D eigenvalue weighted by molar-refractivity contribution is 7.10. The fourth-order valence-corrected chi connectivity index (χ4v) is 8.07. The summed E-state index contributed by atoms with van der Waals surface area (Å²) in [6, 6.07) is 28.2. The molecule has 1 aliphatic heterocycles. The molecule has 0 aliphatic carbocycles. The summed E-state index contributed by atoms with van der Waals surface area (Å²) in [6.07, 6.45) is 2.05. The van der Waals surface area contributed by atoms with Crippen molar-refractivity contribution in [2.45, 2.75) is 32.0 Å². The molecule has 0 saturated carbocycles. The molecule has 2 amide bonds. The zero-order valence-corrected chi connectivity index (χ0v) is 34.8. The maximum Gasteiger partial charge on any atom is 0.336 e. The lowest BCUT2D eigenvalue weighted by atomic mass is 10.0. The summed E-state index contributed by atoms with van der Waals surface area (Å²) in [4.78, 5) is 54.8. The Bertz CT molecular complexity index is 2830. The fourth-order valence-electron chi connectivity index (χ4n) is 6.89. The number of aromatic hydroxyl groups is 1. The first-order valence-corrected chi connectivity index (χ1v) is 21.0. The summed E-state index contributed by atoms with van der Waals surface area (Å²) >= 11 is 14.1. The number of nitrogens with one attached hydrogen (secondary N) is 2. The molecule has 3 aromatic heterocycles. The number of ether oxygens (including phenoxy) is 1. The summed E-state index contributed by atoms with van der Waals surface area (Å²) in [5, 5.41) is 28.7. The quantitative estimate of drug-likeness (QED) is 0.0496. The standard InChI is InChI=1S/C44H35Cl2FN8O6S/c45-23-37(56)55(42(36-11-6-20-62-36)44(59)48-18-16-26-7-2-1-3-8-26)29-13-15-35(32(46)22-29)60-25-28-24-54(53-51-28)19-17-38(57)61-52-40-31-21-27(47)12-14-34(31)49-41(40)39-30-9-4-5-10-33(30)50-43(39)58/h1-15,20-22,24,42,50,58H,16-19,23,25H2,(H,48,59)/b52-40+. The Morgan fingerprint density at radius 3 is 2.63 bits per heavy atom. The van der Waals surface area contributed by atoms with Gasteiger partial charge < -0.3 is 25.0 Å². The van der Waals surface area contributed by atoms with Gasteiger partial charge in [-0.3, -0.25) is 19.2 Å². The van der Waals surface area contributed by atoms with E-state index in [1.807, 2.05) is 41.8 Å². The molecule has 0 saturated heterocycles. The summed E-state index contributed by atoms with van der Waals surface area (Å²) in [6.45, 7) is 0.402. The number of thiophene rings is 1. The molecule has 0 radical (unpaired) electrons. The summed E-state index contributed by atoms with van der Waals surface area (Å²) in [5.74, 6) is -2.37. The van der Waals surface area contributed by atoms with Crippen molar-refractivity contribution in [1.82, 2.24) is 25.3 Å². The number of nitrogens with zero attached hydrogens (tertiary/aromatic N) is 6. The molecule has 4 aromatic carbocycles. The molecule has 7 aromatic rings. The summed E-state index contributed by atoms with van der Waals surface area (Å²) < 4.78 is 21.7. The number of rotatable bonds is 16. The smallest absolute Gasteiger partial charge is 0.336 e. The molecule has 1 atom stereocenters. The first kappa shape index (κ1) is 41.8. The highest BCUT2D eigenvalue weighted by Crippen LogP contribution is 2.37. The van der Waals surface area contributed by atoms with Crippen LogP contribution in [0.5, 0.6) is 11.6 Å². The van der Waals surface area contributed by atoms with Gasteiger partial charge in [0.15, 0.2) is 5.88 Å². The number of para-hydroxylation sites is 1. The molecular weight excluding hydrogens is 859 g/mol. The van der Waals surface area contributed by atoms with E-state index in [1.54, 1.807) is 48.7 Å². The molecular formula is C44H35Cl2FN8O6S. The number of aromatic amines is 1. The third kappa shape index (κ3) is 9.22. The lowest BCUT2D eigenvalue weighted by molar-refractivity contribution is -0.144. The average molecular weight is 894 g/mol. The maximum absolute atomic E-state index is 14.3. The highest BCUT2D eigenvalue weighted by Gasteiger charge is 2.34. The fraction of sp³-hybridized carbons (Fsp3) is 0.159. The molecule has 4 heterocycles. The van der Waals surface area contributed by atoms with Crippen molar-refractivity contribution in [2.24, 2.45) is 10.1 Å². The molecule has 3 N–H and O–H groups in total. The van der Waals surface area contributed by atoms with E-state index in [1.165, 1.54) is 45.2 Å². The van der Waals surface area contributed by atoms with E-state index in [4.69, 9.17) is 32.8 Å². The van der Waals surface area contributed by atoms with Crippen LogP contribution < -0.4 is 15.0 Å². The summed E-state index contributed by atoms with van der Waals surface area (Å²) in [7, 11) is 0. The second kappa shape index (κ2) is 18.8. The van der Waals surface area contributed by atoms with E-state index >= 15 is 0 Å². The number of carbonyl (C=O) groups excluding carboxylic acids is 3. The lowest BCUT2D eigenvalue weighted by Crippen LogP contribution is -2.44. The zero-order chi connectivity index (χ0) is 43.2. The number of aromatic nitrogens is 4. The maximum atomic E-state index is 14.3. The van der Waals surface area contributed by atoms with Crippen molar-refractivity contribution in [3.63, 3.8) is 0 Å². The first-order chi connectivity index (χ1) is 30.2. The van der Waals surface area contributed by atoms with E-state index in [0.717, 1.165) is 5.56 Å². The minimum atomic E-state index is -1.00. The van der Waals surface area contributed by atoms with Gasteiger partial charge in [-0.05, 0) is 65.9 Å².